The molecule has 154 valence electrons. The third kappa shape index (κ3) is 2.88. The van der Waals surface area contributed by atoms with Gasteiger partial charge in [-0.1, -0.05) is 6.42 Å². The third-order valence-electron chi connectivity index (χ3n) is 6.69. The zero-order valence-corrected chi connectivity index (χ0v) is 16.8. The molecule has 2 aromatic rings. The summed E-state index contributed by atoms with van der Waals surface area (Å²) >= 11 is 0. The van der Waals surface area contributed by atoms with Gasteiger partial charge in [-0.2, -0.15) is 0 Å². The van der Waals surface area contributed by atoms with Crippen molar-refractivity contribution in [3.05, 3.63) is 41.9 Å². The number of methoxy groups -OCH3 is 1. The van der Waals surface area contributed by atoms with E-state index in [-0.39, 0.29) is 29.5 Å². The monoisotopic (exact) mass is 398 g/mol. The van der Waals surface area contributed by atoms with Crippen LogP contribution in [0.1, 0.15) is 53.7 Å². The van der Waals surface area contributed by atoms with Crippen molar-refractivity contribution < 1.29 is 18.7 Å². The number of fused-ring (bicyclic) bond motifs is 2. The second-order valence-electron chi connectivity index (χ2n) is 8.64. The second kappa shape index (κ2) is 6.73. The molecule has 0 radical (unpaired) electrons. The van der Waals surface area contributed by atoms with Crippen LogP contribution in [0.3, 0.4) is 0 Å². The van der Waals surface area contributed by atoms with Crippen LogP contribution in [0.4, 0.5) is 0 Å². The first-order valence-electron chi connectivity index (χ1n) is 10.2. The van der Waals surface area contributed by atoms with E-state index in [0.717, 1.165) is 24.2 Å². The Kier molecular flexibility index (Phi) is 4.27. The minimum Gasteiger partial charge on any atom is -0.459 e. The molecule has 2 fully saturated rings. The average molecular weight is 398 g/mol. The summed E-state index contributed by atoms with van der Waals surface area (Å²) < 4.78 is 13.0. The fourth-order valence-corrected chi connectivity index (χ4v) is 4.96. The van der Waals surface area contributed by atoms with Gasteiger partial charge in [0.05, 0.1) is 17.8 Å². The Bertz CT molecular complexity index is 938. The molecule has 3 aliphatic rings. The molecule has 1 saturated heterocycles. The molecule has 8 heteroatoms. The van der Waals surface area contributed by atoms with Crippen LogP contribution in [0.15, 0.2) is 29.1 Å². The number of amides is 2. The molecule has 2 unspecified atom stereocenters. The lowest BCUT2D eigenvalue weighted by Crippen LogP contribution is -2.65. The molecule has 2 amide bonds. The fraction of sp³-hybridized carbons (Fsp3) is 0.571. The van der Waals surface area contributed by atoms with Crippen molar-refractivity contribution in [3.63, 3.8) is 0 Å². The summed E-state index contributed by atoms with van der Waals surface area (Å²) in [6.45, 7) is 3.12. The van der Waals surface area contributed by atoms with Gasteiger partial charge in [-0.05, 0) is 37.3 Å². The van der Waals surface area contributed by atoms with E-state index in [1.807, 2.05) is 18.0 Å². The summed E-state index contributed by atoms with van der Waals surface area (Å²) in [5.74, 6) is 1.32. The first-order chi connectivity index (χ1) is 14.0. The molecule has 2 aromatic heterocycles. The van der Waals surface area contributed by atoms with Crippen LogP contribution >= 0.6 is 0 Å². The van der Waals surface area contributed by atoms with Gasteiger partial charge in [-0.3, -0.25) is 9.59 Å². The van der Waals surface area contributed by atoms with Gasteiger partial charge in [0.15, 0.2) is 5.76 Å². The van der Waals surface area contributed by atoms with Crippen molar-refractivity contribution in [1.82, 2.24) is 19.8 Å². The van der Waals surface area contributed by atoms with Gasteiger partial charge in [0.2, 0.25) is 0 Å². The van der Waals surface area contributed by atoms with Gasteiger partial charge >= 0.3 is 0 Å². The van der Waals surface area contributed by atoms with Crippen molar-refractivity contribution in [2.75, 3.05) is 20.2 Å². The van der Waals surface area contributed by atoms with Crippen LogP contribution < -0.4 is 5.32 Å². The van der Waals surface area contributed by atoms with Gasteiger partial charge in [-0.25, -0.2) is 4.98 Å². The minimum atomic E-state index is -0.331. The van der Waals surface area contributed by atoms with Crippen molar-refractivity contribution in [1.29, 1.82) is 0 Å². The Labute approximate surface area is 169 Å². The summed E-state index contributed by atoms with van der Waals surface area (Å²) in [5.41, 5.74) is 0.697. The normalized spacial score (nSPS) is 23.4. The van der Waals surface area contributed by atoms with Crippen molar-refractivity contribution in [3.8, 4) is 0 Å². The number of hydrogen-bond donors (Lipinski definition) is 1. The lowest BCUT2D eigenvalue weighted by atomic mass is 9.79. The number of hydrogen-bond acceptors (Lipinski definition) is 5. The highest BCUT2D eigenvalue weighted by molar-refractivity contribution is 5.92. The van der Waals surface area contributed by atoms with Crippen LogP contribution in [0, 0.1) is 12.8 Å². The lowest BCUT2D eigenvalue weighted by Gasteiger charge is -2.50. The van der Waals surface area contributed by atoms with Crippen molar-refractivity contribution >= 4 is 11.8 Å². The summed E-state index contributed by atoms with van der Waals surface area (Å²) in [6, 6.07) is 1.52. The number of likely N-dealkylation sites (tertiary alicyclic amines) is 1. The van der Waals surface area contributed by atoms with E-state index in [1.165, 1.54) is 6.42 Å². The van der Waals surface area contributed by atoms with E-state index >= 15 is 0 Å². The van der Waals surface area contributed by atoms with Crippen LogP contribution in [0.5, 0.6) is 0 Å². The summed E-state index contributed by atoms with van der Waals surface area (Å²) in [5, 5.41) is 3.04. The minimum absolute atomic E-state index is 0.0861. The maximum atomic E-state index is 12.9. The highest BCUT2D eigenvalue weighted by Crippen LogP contribution is 2.45. The Balaban J connectivity index is 1.28. The lowest BCUT2D eigenvalue weighted by molar-refractivity contribution is -0.158. The molecule has 2 atom stereocenters. The highest BCUT2D eigenvalue weighted by Gasteiger charge is 2.55. The molecule has 1 N–H and O–H groups in total. The molecule has 5 rings (SSSR count). The molecular formula is C21H26N4O4. The quantitative estimate of drug-likeness (QED) is 0.832. The summed E-state index contributed by atoms with van der Waals surface area (Å²) in [7, 11) is 1.63. The number of rotatable bonds is 5. The Morgan fingerprint density at radius 2 is 2.17 bits per heavy atom. The van der Waals surface area contributed by atoms with Crippen LogP contribution in [-0.4, -0.2) is 52.6 Å². The fourth-order valence-electron chi connectivity index (χ4n) is 4.96. The predicted molar refractivity (Wildman–Crippen MR) is 103 cm³/mol. The third-order valence-corrected chi connectivity index (χ3v) is 6.69. The number of aryl methyl sites for hydroxylation is 1. The molecule has 2 aliphatic heterocycles. The highest BCUT2D eigenvalue weighted by atomic mass is 16.5. The molecular weight excluding hydrogens is 372 g/mol. The molecule has 1 spiro atoms. The number of carbonyl (C=O) groups excluding carboxylic acids is 2. The largest absolute Gasteiger partial charge is 0.459 e. The summed E-state index contributed by atoms with van der Waals surface area (Å²) in [4.78, 5) is 31.8. The SMILES string of the molecule is COC(C(=O)N1CC2(CC(NC(=O)c3cc(C)co3)c3nccn32)C1)C1CCC1. The van der Waals surface area contributed by atoms with Gasteiger partial charge in [0, 0.05) is 39.0 Å². The van der Waals surface area contributed by atoms with Crippen LogP contribution in [0.2, 0.25) is 0 Å². The zero-order valence-electron chi connectivity index (χ0n) is 16.8. The Morgan fingerprint density at radius 1 is 1.38 bits per heavy atom. The van der Waals surface area contributed by atoms with Gasteiger partial charge in [0.1, 0.15) is 11.9 Å². The maximum absolute atomic E-state index is 12.9. The zero-order chi connectivity index (χ0) is 20.2. The van der Waals surface area contributed by atoms with E-state index in [1.54, 1.807) is 25.6 Å². The van der Waals surface area contributed by atoms with Crippen molar-refractivity contribution in [2.24, 2.45) is 5.92 Å². The van der Waals surface area contributed by atoms with E-state index in [0.29, 0.717) is 31.2 Å². The molecule has 1 aliphatic carbocycles. The second-order valence-corrected chi connectivity index (χ2v) is 8.64. The first kappa shape index (κ1) is 18.4. The van der Waals surface area contributed by atoms with E-state index in [2.05, 4.69) is 14.9 Å². The number of aromatic nitrogens is 2. The van der Waals surface area contributed by atoms with Crippen molar-refractivity contribution in [2.45, 2.75) is 50.3 Å². The van der Waals surface area contributed by atoms with Crippen LogP contribution in [0.25, 0.3) is 0 Å². The molecule has 8 nitrogen and oxygen atoms in total. The number of furan rings is 1. The average Bonchev–Trinajstić information content (AvgIpc) is 3.33. The van der Waals surface area contributed by atoms with E-state index in [4.69, 9.17) is 9.15 Å². The predicted octanol–water partition coefficient (Wildman–Crippen LogP) is 2.01. The van der Waals surface area contributed by atoms with Gasteiger partial charge in [-0.15, -0.1) is 0 Å². The Morgan fingerprint density at radius 3 is 2.79 bits per heavy atom. The van der Waals surface area contributed by atoms with Crippen LogP contribution in [-0.2, 0) is 15.1 Å². The van der Waals surface area contributed by atoms with E-state index in [9.17, 15) is 9.59 Å². The number of ether oxygens (including phenoxy) is 1. The van der Waals surface area contributed by atoms with Gasteiger partial charge in [0.25, 0.3) is 11.8 Å². The topological polar surface area (TPSA) is 89.6 Å². The maximum Gasteiger partial charge on any atom is 0.287 e. The molecule has 4 heterocycles. The summed E-state index contributed by atoms with van der Waals surface area (Å²) in [6.07, 6.45) is 8.95. The van der Waals surface area contributed by atoms with E-state index < -0.39 is 0 Å². The number of imidazole rings is 1. The molecule has 0 bridgehead atoms. The molecule has 29 heavy (non-hydrogen) atoms. The number of nitrogens with zero attached hydrogens (tertiary/aromatic N) is 3. The number of nitrogens with one attached hydrogen (secondary N) is 1. The molecule has 0 aromatic carbocycles. The number of carbonyl (C=O) groups is 2. The standard InChI is InChI=1S/C21H26N4O4/c1-13-8-16(29-10-13)19(26)23-15-9-21(25-7-6-22-18(15)25)11-24(12-21)20(27)17(28-2)14-4-3-5-14/h6-8,10,14-15,17H,3-5,9,11-12H2,1-2H3,(H,23,26). The van der Waals surface area contributed by atoms with Gasteiger partial charge < -0.3 is 23.9 Å². The Hall–Kier alpha value is -2.61. The smallest absolute Gasteiger partial charge is 0.287 e. The first-order valence-corrected chi connectivity index (χ1v) is 10.2. The molecule has 1 saturated carbocycles.